The minimum atomic E-state index is -0.415. The van der Waals surface area contributed by atoms with Crippen molar-refractivity contribution in [1.29, 1.82) is 0 Å². The van der Waals surface area contributed by atoms with Crippen molar-refractivity contribution < 1.29 is 18.8 Å². The minimum absolute atomic E-state index is 0.122. The lowest BCUT2D eigenvalue weighted by Gasteiger charge is -2.05. The van der Waals surface area contributed by atoms with Crippen LogP contribution in [0, 0.1) is 0 Å². The van der Waals surface area contributed by atoms with E-state index >= 15 is 0 Å². The van der Waals surface area contributed by atoms with E-state index in [1.54, 1.807) is 24.3 Å². The summed E-state index contributed by atoms with van der Waals surface area (Å²) in [6.45, 7) is 0. The molecule has 7 heteroatoms. The Morgan fingerprint density at radius 2 is 1.81 bits per heavy atom. The quantitative estimate of drug-likeness (QED) is 0.644. The Hall–Kier alpha value is -3.48. The fraction of sp³-hybridized carbons (Fsp3) is 0.200. The van der Waals surface area contributed by atoms with Crippen molar-refractivity contribution >= 4 is 17.6 Å². The third kappa shape index (κ3) is 5.01. The molecule has 1 N–H and O–H groups in total. The van der Waals surface area contributed by atoms with Crippen molar-refractivity contribution in [3.63, 3.8) is 0 Å². The average Bonchev–Trinajstić information content (AvgIpc) is 3.17. The molecule has 3 rings (SSSR count). The molecule has 138 valence electrons. The number of rotatable bonds is 7. The molecule has 0 bridgehead atoms. The van der Waals surface area contributed by atoms with Gasteiger partial charge in [0.25, 0.3) is 0 Å². The standard InChI is InChI=1S/C20H19N3O4/c1-26-20(25)15-10-12-16(13-11-15)21-17(24)8-5-9-18-22-19(23-27-18)14-6-3-2-4-7-14/h2-4,6-7,10-13H,5,8-9H2,1H3,(H,21,24). The van der Waals surface area contributed by atoms with E-state index in [0.29, 0.717) is 42.2 Å². The van der Waals surface area contributed by atoms with Crippen molar-refractivity contribution in [3.8, 4) is 11.4 Å². The molecule has 7 nitrogen and oxygen atoms in total. The number of amides is 1. The molecule has 2 aromatic carbocycles. The third-order valence-electron chi connectivity index (χ3n) is 3.88. The van der Waals surface area contributed by atoms with Crippen LogP contribution in [-0.2, 0) is 16.0 Å². The van der Waals surface area contributed by atoms with E-state index in [2.05, 4.69) is 20.2 Å². The van der Waals surface area contributed by atoms with Crippen LogP contribution in [0.5, 0.6) is 0 Å². The molecule has 0 atom stereocenters. The van der Waals surface area contributed by atoms with Crippen molar-refractivity contribution in [3.05, 3.63) is 66.1 Å². The Balaban J connectivity index is 1.46. The van der Waals surface area contributed by atoms with Crippen LogP contribution < -0.4 is 5.32 Å². The van der Waals surface area contributed by atoms with Gasteiger partial charge in [0.05, 0.1) is 12.7 Å². The number of nitrogens with zero attached hydrogens (tertiary/aromatic N) is 2. The Morgan fingerprint density at radius 1 is 1.07 bits per heavy atom. The number of hydrogen-bond acceptors (Lipinski definition) is 6. The van der Waals surface area contributed by atoms with Crippen LogP contribution in [0.25, 0.3) is 11.4 Å². The summed E-state index contributed by atoms with van der Waals surface area (Å²) in [5.74, 6) is 0.510. The first kappa shape index (κ1) is 18.3. The van der Waals surface area contributed by atoms with E-state index in [-0.39, 0.29) is 5.91 Å². The molecule has 0 aliphatic heterocycles. The number of aromatic nitrogens is 2. The first-order valence-corrected chi connectivity index (χ1v) is 8.52. The van der Waals surface area contributed by atoms with Gasteiger partial charge < -0.3 is 14.6 Å². The Kier molecular flexibility index (Phi) is 5.94. The number of hydrogen-bond donors (Lipinski definition) is 1. The molecular formula is C20H19N3O4. The maximum atomic E-state index is 12.0. The van der Waals surface area contributed by atoms with Crippen molar-refractivity contribution in [2.24, 2.45) is 0 Å². The molecule has 1 amide bonds. The molecule has 1 aromatic heterocycles. The van der Waals surface area contributed by atoms with Crippen LogP contribution in [0.15, 0.2) is 59.1 Å². The van der Waals surface area contributed by atoms with E-state index in [4.69, 9.17) is 4.52 Å². The smallest absolute Gasteiger partial charge is 0.337 e. The van der Waals surface area contributed by atoms with Crippen LogP contribution in [-0.4, -0.2) is 29.1 Å². The number of aryl methyl sites for hydroxylation is 1. The van der Waals surface area contributed by atoms with Crippen molar-refractivity contribution in [1.82, 2.24) is 10.1 Å². The lowest BCUT2D eigenvalue weighted by atomic mass is 10.2. The zero-order chi connectivity index (χ0) is 19.1. The number of methoxy groups -OCH3 is 1. The fourth-order valence-electron chi connectivity index (χ4n) is 2.49. The molecule has 0 aliphatic rings. The second-order valence-corrected chi connectivity index (χ2v) is 5.85. The summed E-state index contributed by atoms with van der Waals surface area (Å²) in [5.41, 5.74) is 1.94. The van der Waals surface area contributed by atoms with E-state index < -0.39 is 5.97 Å². The van der Waals surface area contributed by atoms with Crippen molar-refractivity contribution in [2.75, 3.05) is 12.4 Å². The fourth-order valence-corrected chi connectivity index (χ4v) is 2.49. The van der Waals surface area contributed by atoms with Gasteiger partial charge >= 0.3 is 5.97 Å². The maximum absolute atomic E-state index is 12.0. The van der Waals surface area contributed by atoms with Gasteiger partial charge in [0, 0.05) is 24.1 Å². The van der Waals surface area contributed by atoms with Crippen LogP contribution in [0.2, 0.25) is 0 Å². The number of esters is 1. The molecule has 0 radical (unpaired) electrons. The highest BCUT2D eigenvalue weighted by Crippen LogP contribution is 2.16. The van der Waals surface area contributed by atoms with Gasteiger partial charge in [-0.05, 0) is 30.7 Å². The van der Waals surface area contributed by atoms with Gasteiger partial charge in [-0.1, -0.05) is 35.5 Å². The summed E-state index contributed by atoms with van der Waals surface area (Å²) in [6.07, 6.45) is 1.43. The number of anilines is 1. The Morgan fingerprint density at radius 3 is 2.52 bits per heavy atom. The van der Waals surface area contributed by atoms with Gasteiger partial charge in [0.1, 0.15) is 0 Å². The van der Waals surface area contributed by atoms with Crippen LogP contribution in [0.1, 0.15) is 29.1 Å². The number of benzene rings is 2. The van der Waals surface area contributed by atoms with Crippen molar-refractivity contribution in [2.45, 2.75) is 19.3 Å². The predicted molar refractivity (Wildman–Crippen MR) is 99.1 cm³/mol. The minimum Gasteiger partial charge on any atom is -0.465 e. The lowest BCUT2D eigenvalue weighted by molar-refractivity contribution is -0.116. The molecule has 0 saturated carbocycles. The van der Waals surface area contributed by atoms with Crippen LogP contribution >= 0.6 is 0 Å². The average molecular weight is 365 g/mol. The zero-order valence-electron chi connectivity index (χ0n) is 14.8. The number of carbonyl (C=O) groups excluding carboxylic acids is 2. The highest BCUT2D eigenvalue weighted by molar-refractivity contribution is 5.93. The van der Waals surface area contributed by atoms with E-state index in [1.165, 1.54) is 7.11 Å². The summed E-state index contributed by atoms with van der Waals surface area (Å²) in [4.78, 5) is 27.8. The molecule has 0 unspecified atom stereocenters. The van der Waals surface area contributed by atoms with Gasteiger partial charge in [-0.2, -0.15) is 4.98 Å². The zero-order valence-corrected chi connectivity index (χ0v) is 14.8. The SMILES string of the molecule is COC(=O)c1ccc(NC(=O)CCCc2nc(-c3ccccc3)no2)cc1. The molecule has 27 heavy (non-hydrogen) atoms. The normalized spacial score (nSPS) is 10.4. The molecule has 3 aromatic rings. The largest absolute Gasteiger partial charge is 0.465 e. The van der Waals surface area contributed by atoms with Crippen LogP contribution in [0.3, 0.4) is 0 Å². The highest BCUT2D eigenvalue weighted by atomic mass is 16.5. The molecule has 0 saturated heterocycles. The van der Waals surface area contributed by atoms with E-state index in [9.17, 15) is 9.59 Å². The van der Waals surface area contributed by atoms with E-state index in [0.717, 1.165) is 5.56 Å². The molecule has 1 heterocycles. The number of nitrogens with one attached hydrogen (secondary N) is 1. The van der Waals surface area contributed by atoms with Gasteiger partial charge in [0.2, 0.25) is 17.6 Å². The summed E-state index contributed by atoms with van der Waals surface area (Å²) >= 11 is 0. The first-order chi connectivity index (χ1) is 13.2. The topological polar surface area (TPSA) is 94.3 Å². The second-order valence-electron chi connectivity index (χ2n) is 5.85. The lowest BCUT2D eigenvalue weighted by Crippen LogP contribution is -2.11. The van der Waals surface area contributed by atoms with Gasteiger partial charge in [0.15, 0.2) is 0 Å². The molecule has 0 spiro atoms. The Labute approximate surface area is 156 Å². The first-order valence-electron chi connectivity index (χ1n) is 8.52. The monoisotopic (exact) mass is 365 g/mol. The molecule has 0 fully saturated rings. The molecular weight excluding hydrogens is 346 g/mol. The van der Waals surface area contributed by atoms with Gasteiger partial charge in [-0.25, -0.2) is 4.79 Å². The maximum Gasteiger partial charge on any atom is 0.337 e. The molecule has 0 aliphatic carbocycles. The summed E-state index contributed by atoms with van der Waals surface area (Å²) in [7, 11) is 1.32. The number of carbonyl (C=O) groups is 2. The number of ether oxygens (including phenoxy) is 1. The highest BCUT2D eigenvalue weighted by Gasteiger charge is 2.10. The second kappa shape index (κ2) is 8.75. The predicted octanol–water partition coefficient (Wildman–Crippen LogP) is 3.48. The van der Waals surface area contributed by atoms with E-state index in [1.807, 2.05) is 30.3 Å². The summed E-state index contributed by atoms with van der Waals surface area (Å²) in [5, 5.41) is 6.74. The Bertz CT molecular complexity index is 904. The summed E-state index contributed by atoms with van der Waals surface area (Å²) in [6, 6.07) is 16.1. The summed E-state index contributed by atoms with van der Waals surface area (Å²) < 4.78 is 9.86. The van der Waals surface area contributed by atoms with Gasteiger partial charge in [-0.3, -0.25) is 4.79 Å². The van der Waals surface area contributed by atoms with Crippen LogP contribution in [0.4, 0.5) is 5.69 Å². The van der Waals surface area contributed by atoms with Gasteiger partial charge in [-0.15, -0.1) is 0 Å². The third-order valence-corrected chi connectivity index (χ3v) is 3.88.